The van der Waals surface area contributed by atoms with E-state index in [4.69, 9.17) is 5.73 Å². The van der Waals surface area contributed by atoms with Crippen LogP contribution >= 0.6 is 11.3 Å². The number of hydrogen-bond acceptors (Lipinski definition) is 6. The van der Waals surface area contributed by atoms with Crippen LogP contribution in [0.15, 0.2) is 29.6 Å². The number of benzene rings is 1. The Kier molecular flexibility index (Phi) is 6.49. The summed E-state index contributed by atoms with van der Waals surface area (Å²) in [5, 5.41) is 5.39. The number of nitrogens with two attached hydrogens (primary N) is 1. The van der Waals surface area contributed by atoms with Crippen molar-refractivity contribution in [3.63, 3.8) is 0 Å². The van der Waals surface area contributed by atoms with Crippen LogP contribution in [0.1, 0.15) is 15.5 Å². The maximum Gasteiger partial charge on any atom is 0.273 e. The highest BCUT2D eigenvalue weighted by Crippen LogP contribution is 2.14. The largest absolute Gasteiger partial charge is 0.335 e. The van der Waals surface area contributed by atoms with E-state index in [-0.39, 0.29) is 24.2 Å². The minimum atomic E-state index is -0.343. The number of aromatic nitrogens is 1. The van der Waals surface area contributed by atoms with Crippen LogP contribution in [0.25, 0.3) is 0 Å². The highest BCUT2D eigenvalue weighted by molar-refractivity contribution is 7.09. The smallest absolute Gasteiger partial charge is 0.273 e. The SMILES string of the molecule is NCCc1nc(C(=O)N2CCN(CC(=O)Nc3ccc(F)cc3)CC2)cs1. The summed E-state index contributed by atoms with van der Waals surface area (Å²) in [5.41, 5.74) is 6.54. The average Bonchev–Trinajstić information content (AvgIpc) is 3.13. The maximum atomic E-state index is 12.9. The van der Waals surface area contributed by atoms with E-state index in [0.29, 0.717) is 50.5 Å². The fraction of sp³-hybridized carbons (Fsp3) is 0.389. The number of nitrogens with one attached hydrogen (secondary N) is 1. The molecular formula is C18H22FN5O2S. The lowest BCUT2D eigenvalue weighted by Gasteiger charge is -2.33. The summed E-state index contributed by atoms with van der Waals surface area (Å²) in [6.07, 6.45) is 0.675. The van der Waals surface area contributed by atoms with E-state index < -0.39 is 0 Å². The molecule has 3 rings (SSSR count). The Morgan fingerprint density at radius 2 is 1.89 bits per heavy atom. The van der Waals surface area contributed by atoms with Gasteiger partial charge in [0.2, 0.25) is 5.91 Å². The Morgan fingerprint density at radius 1 is 1.19 bits per heavy atom. The van der Waals surface area contributed by atoms with Crippen LogP contribution in [-0.4, -0.2) is 65.9 Å². The summed E-state index contributed by atoms with van der Waals surface area (Å²) in [7, 11) is 0. The second kappa shape index (κ2) is 9.03. The first-order valence-electron chi connectivity index (χ1n) is 8.76. The van der Waals surface area contributed by atoms with Crippen LogP contribution in [-0.2, 0) is 11.2 Å². The Labute approximate surface area is 161 Å². The second-order valence-electron chi connectivity index (χ2n) is 6.29. The van der Waals surface area contributed by atoms with Gasteiger partial charge in [0.1, 0.15) is 11.5 Å². The number of hydrogen-bond donors (Lipinski definition) is 2. The van der Waals surface area contributed by atoms with E-state index in [1.165, 1.54) is 35.6 Å². The number of carbonyl (C=O) groups excluding carboxylic acids is 2. The molecule has 0 spiro atoms. The number of piperazine rings is 1. The molecule has 0 aliphatic carbocycles. The standard InChI is InChI=1S/C18H22FN5O2S/c19-13-1-3-14(4-2-13)21-16(25)11-23-7-9-24(10-8-23)18(26)15-12-27-17(22-15)5-6-20/h1-4,12H,5-11,20H2,(H,21,25). The predicted molar refractivity (Wildman–Crippen MR) is 102 cm³/mol. The normalized spacial score (nSPS) is 15.0. The number of rotatable bonds is 6. The zero-order chi connectivity index (χ0) is 19.2. The third-order valence-corrected chi connectivity index (χ3v) is 5.19. The minimum Gasteiger partial charge on any atom is -0.335 e. The molecule has 1 saturated heterocycles. The number of thiazole rings is 1. The topological polar surface area (TPSA) is 91.6 Å². The van der Waals surface area contributed by atoms with E-state index in [0.717, 1.165) is 5.01 Å². The predicted octanol–water partition coefficient (Wildman–Crippen LogP) is 1.18. The van der Waals surface area contributed by atoms with E-state index in [1.807, 2.05) is 4.90 Å². The summed E-state index contributed by atoms with van der Waals surface area (Å²) in [5.74, 6) is -0.582. The molecule has 1 aliphatic rings. The average molecular weight is 391 g/mol. The lowest BCUT2D eigenvalue weighted by Crippen LogP contribution is -2.50. The Morgan fingerprint density at radius 3 is 2.56 bits per heavy atom. The van der Waals surface area contributed by atoms with Crippen molar-refractivity contribution >= 4 is 28.8 Å². The van der Waals surface area contributed by atoms with Gasteiger partial charge in [-0.15, -0.1) is 11.3 Å². The maximum absolute atomic E-state index is 12.9. The lowest BCUT2D eigenvalue weighted by atomic mass is 10.2. The number of nitrogens with zero attached hydrogens (tertiary/aromatic N) is 3. The van der Waals surface area contributed by atoms with E-state index in [1.54, 1.807) is 10.3 Å². The molecule has 2 amide bonds. The molecular weight excluding hydrogens is 369 g/mol. The summed E-state index contributed by atoms with van der Waals surface area (Å²) in [6.45, 7) is 3.07. The summed E-state index contributed by atoms with van der Waals surface area (Å²) >= 11 is 1.45. The fourth-order valence-corrected chi connectivity index (χ4v) is 3.64. The Bertz CT molecular complexity index is 787. The van der Waals surface area contributed by atoms with Gasteiger partial charge in [-0.05, 0) is 30.8 Å². The van der Waals surface area contributed by atoms with Gasteiger partial charge in [0, 0.05) is 43.7 Å². The molecule has 7 nitrogen and oxygen atoms in total. The van der Waals surface area contributed by atoms with Crippen LogP contribution in [0.3, 0.4) is 0 Å². The summed E-state index contributed by atoms with van der Waals surface area (Å²) in [6, 6.07) is 5.65. The van der Waals surface area contributed by atoms with E-state index >= 15 is 0 Å². The van der Waals surface area contributed by atoms with Gasteiger partial charge in [0.05, 0.1) is 11.6 Å². The molecule has 1 fully saturated rings. The molecule has 2 heterocycles. The molecule has 0 saturated carbocycles. The number of anilines is 1. The minimum absolute atomic E-state index is 0.0788. The van der Waals surface area contributed by atoms with Crippen LogP contribution in [0.2, 0.25) is 0 Å². The van der Waals surface area contributed by atoms with Gasteiger partial charge in [-0.2, -0.15) is 0 Å². The molecule has 1 aromatic heterocycles. The quantitative estimate of drug-likeness (QED) is 0.772. The van der Waals surface area contributed by atoms with Gasteiger partial charge < -0.3 is 16.0 Å². The molecule has 9 heteroatoms. The van der Waals surface area contributed by atoms with Crippen molar-refractivity contribution in [1.29, 1.82) is 0 Å². The van der Waals surface area contributed by atoms with Crippen molar-refractivity contribution in [3.8, 4) is 0 Å². The van der Waals surface area contributed by atoms with Crippen LogP contribution in [0.5, 0.6) is 0 Å². The molecule has 0 atom stereocenters. The molecule has 1 aromatic carbocycles. The first-order valence-corrected chi connectivity index (χ1v) is 9.64. The van der Waals surface area contributed by atoms with Crippen molar-refractivity contribution in [1.82, 2.24) is 14.8 Å². The summed E-state index contributed by atoms with van der Waals surface area (Å²) in [4.78, 5) is 32.7. The van der Waals surface area contributed by atoms with Crippen molar-refractivity contribution in [2.24, 2.45) is 5.73 Å². The fourth-order valence-electron chi connectivity index (χ4n) is 2.86. The molecule has 0 bridgehead atoms. The van der Waals surface area contributed by atoms with E-state index in [9.17, 15) is 14.0 Å². The van der Waals surface area contributed by atoms with Crippen LogP contribution < -0.4 is 11.1 Å². The van der Waals surface area contributed by atoms with Gasteiger partial charge >= 0.3 is 0 Å². The number of halogens is 1. The number of carbonyl (C=O) groups is 2. The Hall–Kier alpha value is -2.36. The van der Waals surface area contributed by atoms with Gasteiger partial charge in [-0.25, -0.2) is 9.37 Å². The molecule has 1 aliphatic heterocycles. The Balaban J connectivity index is 1.45. The van der Waals surface area contributed by atoms with Gasteiger partial charge in [0.25, 0.3) is 5.91 Å². The molecule has 2 aromatic rings. The molecule has 27 heavy (non-hydrogen) atoms. The zero-order valence-corrected chi connectivity index (χ0v) is 15.7. The highest BCUT2D eigenvalue weighted by Gasteiger charge is 2.24. The van der Waals surface area contributed by atoms with Gasteiger partial charge in [-0.3, -0.25) is 14.5 Å². The van der Waals surface area contributed by atoms with Gasteiger partial charge in [-0.1, -0.05) is 0 Å². The lowest BCUT2D eigenvalue weighted by molar-refractivity contribution is -0.117. The van der Waals surface area contributed by atoms with Crippen LogP contribution in [0.4, 0.5) is 10.1 Å². The summed E-state index contributed by atoms with van der Waals surface area (Å²) < 4.78 is 12.9. The van der Waals surface area contributed by atoms with Crippen LogP contribution in [0, 0.1) is 5.82 Å². The van der Waals surface area contributed by atoms with E-state index in [2.05, 4.69) is 10.3 Å². The van der Waals surface area contributed by atoms with Gasteiger partial charge in [0.15, 0.2) is 0 Å². The van der Waals surface area contributed by atoms with Crippen molar-refractivity contribution in [3.05, 3.63) is 46.2 Å². The first-order chi connectivity index (χ1) is 13.0. The second-order valence-corrected chi connectivity index (χ2v) is 7.23. The number of amides is 2. The molecule has 144 valence electrons. The molecule has 0 unspecified atom stereocenters. The first kappa shape index (κ1) is 19.4. The molecule has 3 N–H and O–H groups in total. The van der Waals surface area contributed by atoms with Crippen molar-refractivity contribution in [2.45, 2.75) is 6.42 Å². The van der Waals surface area contributed by atoms with Crippen molar-refractivity contribution in [2.75, 3.05) is 44.6 Å². The molecule has 0 radical (unpaired) electrons. The monoisotopic (exact) mass is 391 g/mol. The third kappa shape index (κ3) is 5.31. The third-order valence-electron chi connectivity index (χ3n) is 4.28. The van der Waals surface area contributed by atoms with Crippen molar-refractivity contribution < 1.29 is 14.0 Å². The highest BCUT2D eigenvalue weighted by atomic mass is 32.1. The zero-order valence-electron chi connectivity index (χ0n) is 14.9.